The monoisotopic (exact) mass is 429 g/mol. The molecule has 1 unspecified atom stereocenters. The molecule has 1 aliphatic heterocycles. The minimum absolute atomic E-state index is 0.00708. The lowest BCUT2D eigenvalue weighted by molar-refractivity contribution is 0.0672. The van der Waals surface area contributed by atoms with Gasteiger partial charge in [0.05, 0.1) is 19.3 Å². The molecule has 1 heterocycles. The van der Waals surface area contributed by atoms with E-state index in [2.05, 4.69) is 0 Å². The van der Waals surface area contributed by atoms with Crippen molar-refractivity contribution < 1.29 is 21.9 Å². The van der Waals surface area contributed by atoms with Gasteiger partial charge in [0.2, 0.25) is 10.0 Å². The van der Waals surface area contributed by atoms with E-state index >= 15 is 0 Å². The number of nitrogens with zero attached hydrogens (tertiary/aromatic N) is 1. The van der Waals surface area contributed by atoms with Gasteiger partial charge in [-0.15, -0.1) is 0 Å². The van der Waals surface area contributed by atoms with E-state index in [1.54, 1.807) is 6.07 Å². The molecule has 0 aliphatic carbocycles. The fourth-order valence-electron chi connectivity index (χ4n) is 3.71. The molecule has 1 atom stereocenters. The Morgan fingerprint density at radius 1 is 0.867 bits per heavy atom. The van der Waals surface area contributed by atoms with E-state index in [1.807, 2.05) is 48.5 Å². The van der Waals surface area contributed by atoms with E-state index < -0.39 is 32.6 Å². The first kappa shape index (κ1) is 20.7. The van der Waals surface area contributed by atoms with Crippen LogP contribution in [0.15, 0.2) is 77.7 Å². The third-order valence-electron chi connectivity index (χ3n) is 5.22. The van der Waals surface area contributed by atoms with E-state index in [0.29, 0.717) is 13.0 Å². The van der Waals surface area contributed by atoms with Crippen LogP contribution in [0.25, 0.3) is 0 Å². The van der Waals surface area contributed by atoms with Crippen LogP contribution in [0.4, 0.5) is 8.78 Å². The standard InChI is InChI=1S/C23H21F2NO3S/c24-21-11-6-12-22(25)23(21)30(27,28)26-14-18-9-4-5-10-19(18)15-29-16-20(26)13-17-7-2-1-3-8-17/h1-12,20H,13-16H2. The van der Waals surface area contributed by atoms with Crippen molar-refractivity contribution in [2.45, 2.75) is 30.5 Å². The summed E-state index contributed by atoms with van der Waals surface area (Å²) in [4.78, 5) is -0.930. The highest BCUT2D eigenvalue weighted by molar-refractivity contribution is 7.89. The van der Waals surface area contributed by atoms with Crippen molar-refractivity contribution in [3.05, 3.63) is 101 Å². The first-order chi connectivity index (χ1) is 14.5. The smallest absolute Gasteiger partial charge is 0.249 e. The first-order valence-corrected chi connectivity index (χ1v) is 11.0. The van der Waals surface area contributed by atoms with Crippen molar-refractivity contribution in [3.8, 4) is 0 Å². The third kappa shape index (κ3) is 4.14. The molecule has 0 fully saturated rings. The maximum Gasteiger partial charge on any atom is 0.249 e. The Balaban J connectivity index is 1.81. The second-order valence-electron chi connectivity index (χ2n) is 7.23. The van der Waals surface area contributed by atoms with E-state index in [1.165, 1.54) is 4.31 Å². The number of sulfonamides is 1. The fraction of sp³-hybridized carbons (Fsp3) is 0.217. The summed E-state index contributed by atoms with van der Waals surface area (Å²) < 4.78 is 62.9. The summed E-state index contributed by atoms with van der Waals surface area (Å²) in [5.74, 6) is -2.21. The zero-order valence-corrected chi connectivity index (χ0v) is 17.0. The van der Waals surface area contributed by atoms with Gasteiger partial charge in [0.15, 0.2) is 4.90 Å². The van der Waals surface area contributed by atoms with Gasteiger partial charge in [-0.2, -0.15) is 4.31 Å². The average Bonchev–Trinajstić information content (AvgIpc) is 2.71. The Hall–Kier alpha value is -2.61. The fourth-order valence-corrected chi connectivity index (χ4v) is 5.41. The van der Waals surface area contributed by atoms with Crippen LogP contribution >= 0.6 is 0 Å². The van der Waals surface area contributed by atoms with E-state index in [4.69, 9.17) is 4.74 Å². The summed E-state index contributed by atoms with van der Waals surface area (Å²) in [6.07, 6.45) is 0.359. The predicted octanol–water partition coefficient (Wildman–Crippen LogP) is 4.30. The van der Waals surface area contributed by atoms with Gasteiger partial charge < -0.3 is 4.74 Å². The van der Waals surface area contributed by atoms with Crippen LogP contribution in [0.2, 0.25) is 0 Å². The molecule has 0 amide bonds. The minimum Gasteiger partial charge on any atom is -0.375 e. The molecule has 1 aliphatic rings. The van der Waals surface area contributed by atoms with Crippen molar-refractivity contribution >= 4 is 10.0 Å². The lowest BCUT2D eigenvalue weighted by atomic mass is 10.0. The zero-order chi connectivity index (χ0) is 21.1. The summed E-state index contributed by atoms with van der Waals surface area (Å²) in [6.45, 7) is 0.467. The molecule has 0 saturated heterocycles. The normalized spacial score (nSPS) is 17.7. The quantitative estimate of drug-likeness (QED) is 0.621. The van der Waals surface area contributed by atoms with E-state index in [9.17, 15) is 17.2 Å². The number of benzene rings is 3. The lowest BCUT2D eigenvalue weighted by Crippen LogP contribution is -2.45. The Labute approximate surface area is 174 Å². The SMILES string of the molecule is O=S(=O)(c1c(F)cccc1F)N1Cc2ccccc2COCC1Cc1ccccc1. The Kier molecular flexibility index (Phi) is 5.94. The first-order valence-electron chi connectivity index (χ1n) is 9.61. The second kappa shape index (κ2) is 8.63. The molecule has 30 heavy (non-hydrogen) atoms. The molecule has 0 spiro atoms. The van der Waals surface area contributed by atoms with Crippen LogP contribution in [-0.2, 0) is 34.3 Å². The van der Waals surface area contributed by atoms with Gasteiger partial charge in [0.25, 0.3) is 0 Å². The van der Waals surface area contributed by atoms with Crippen LogP contribution in [-0.4, -0.2) is 25.4 Å². The van der Waals surface area contributed by atoms with Gasteiger partial charge in [-0.05, 0) is 35.2 Å². The van der Waals surface area contributed by atoms with Gasteiger partial charge in [0.1, 0.15) is 11.6 Å². The number of fused-ring (bicyclic) bond motifs is 1. The van der Waals surface area contributed by atoms with Gasteiger partial charge in [0, 0.05) is 6.54 Å². The molecule has 156 valence electrons. The highest BCUT2D eigenvalue weighted by Crippen LogP contribution is 2.29. The van der Waals surface area contributed by atoms with E-state index in [-0.39, 0.29) is 13.2 Å². The van der Waals surface area contributed by atoms with Crippen LogP contribution in [0, 0.1) is 11.6 Å². The van der Waals surface area contributed by atoms with Gasteiger partial charge in [-0.25, -0.2) is 17.2 Å². The second-order valence-corrected chi connectivity index (χ2v) is 9.06. The van der Waals surface area contributed by atoms with Crippen LogP contribution < -0.4 is 0 Å². The highest BCUT2D eigenvalue weighted by Gasteiger charge is 2.37. The lowest BCUT2D eigenvalue weighted by Gasteiger charge is -2.33. The number of rotatable bonds is 4. The summed E-state index contributed by atoms with van der Waals surface area (Å²) in [5.41, 5.74) is 2.51. The van der Waals surface area contributed by atoms with Crippen molar-refractivity contribution in [2.75, 3.05) is 6.61 Å². The van der Waals surface area contributed by atoms with Crippen LogP contribution in [0.1, 0.15) is 16.7 Å². The number of halogens is 2. The van der Waals surface area contributed by atoms with Crippen LogP contribution in [0.3, 0.4) is 0 Å². The molecule has 4 nitrogen and oxygen atoms in total. The molecule has 3 aromatic carbocycles. The van der Waals surface area contributed by atoms with Crippen molar-refractivity contribution in [1.82, 2.24) is 4.31 Å². The number of ether oxygens (including phenoxy) is 1. The van der Waals surface area contributed by atoms with Crippen molar-refractivity contribution in [1.29, 1.82) is 0 Å². The molecular weight excluding hydrogens is 408 g/mol. The molecule has 0 saturated carbocycles. The molecular formula is C23H21F2NO3S. The van der Waals surface area contributed by atoms with E-state index in [0.717, 1.165) is 34.9 Å². The molecule has 0 radical (unpaired) electrons. The summed E-state index contributed by atoms with van der Waals surface area (Å²) in [7, 11) is -4.47. The Bertz CT molecular complexity index is 1120. The van der Waals surface area contributed by atoms with Gasteiger partial charge in [-0.3, -0.25) is 0 Å². The molecule has 0 aromatic heterocycles. The molecule has 7 heteroatoms. The van der Waals surface area contributed by atoms with Crippen molar-refractivity contribution in [3.63, 3.8) is 0 Å². The third-order valence-corrected chi connectivity index (χ3v) is 7.17. The molecule has 0 bridgehead atoms. The van der Waals surface area contributed by atoms with Gasteiger partial charge in [-0.1, -0.05) is 60.7 Å². The maximum atomic E-state index is 14.5. The van der Waals surface area contributed by atoms with Gasteiger partial charge >= 0.3 is 0 Å². The molecule has 0 N–H and O–H groups in total. The Morgan fingerprint density at radius 2 is 1.50 bits per heavy atom. The molecule has 4 rings (SSSR count). The number of hydrogen-bond acceptors (Lipinski definition) is 3. The summed E-state index contributed by atoms with van der Waals surface area (Å²) >= 11 is 0. The highest BCUT2D eigenvalue weighted by atomic mass is 32.2. The minimum atomic E-state index is -4.47. The zero-order valence-electron chi connectivity index (χ0n) is 16.2. The summed E-state index contributed by atoms with van der Waals surface area (Å²) in [6, 6.07) is 19.1. The summed E-state index contributed by atoms with van der Waals surface area (Å²) in [5, 5.41) is 0. The predicted molar refractivity (Wildman–Crippen MR) is 109 cm³/mol. The van der Waals surface area contributed by atoms with Crippen molar-refractivity contribution in [2.24, 2.45) is 0 Å². The van der Waals surface area contributed by atoms with Crippen LogP contribution in [0.5, 0.6) is 0 Å². The number of hydrogen-bond donors (Lipinski definition) is 0. The largest absolute Gasteiger partial charge is 0.375 e. The topological polar surface area (TPSA) is 46.6 Å². The maximum absolute atomic E-state index is 14.5. The Morgan fingerprint density at radius 3 is 2.20 bits per heavy atom. The molecule has 3 aromatic rings. The average molecular weight is 429 g/mol.